The number of nitrogens with one attached hydrogen (secondary N) is 1. The van der Waals surface area contributed by atoms with Crippen molar-refractivity contribution in [3.63, 3.8) is 0 Å². The summed E-state index contributed by atoms with van der Waals surface area (Å²) >= 11 is 11.9. The van der Waals surface area contributed by atoms with Crippen molar-refractivity contribution in [3.05, 3.63) is 63.1 Å². The van der Waals surface area contributed by atoms with E-state index in [1.807, 2.05) is 0 Å². The summed E-state index contributed by atoms with van der Waals surface area (Å²) in [7, 11) is 0. The van der Waals surface area contributed by atoms with Crippen molar-refractivity contribution in [2.45, 2.75) is 32.9 Å². The number of hydrogen-bond donors (Lipinski definition) is 1. The van der Waals surface area contributed by atoms with Gasteiger partial charge in [0.25, 0.3) is 17.7 Å². The molecule has 1 aliphatic heterocycles. The van der Waals surface area contributed by atoms with Crippen LogP contribution in [-0.4, -0.2) is 40.7 Å². The number of halogens is 2. The molecule has 0 aromatic heterocycles. The van der Waals surface area contributed by atoms with Crippen LogP contribution >= 0.6 is 23.2 Å². The van der Waals surface area contributed by atoms with Gasteiger partial charge in [-0.15, -0.1) is 0 Å². The van der Waals surface area contributed by atoms with Crippen LogP contribution in [-0.2, 0) is 14.3 Å². The first-order chi connectivity index (χ1) is 14.1. The Bertz CT molecular complexity index is 1070. The molecule has 9 heteroatoms. The minimum atomic E-state index is -1.21. The van der Waals surface area contributed by atoms with Crippen molar-refractivity contribution in [2.24, 2.45) is 0 Å². The third kappa shape index (κ3) is 4.17. The molecule has 3 rings (SSSR count). The monoisotopic (exact) mass is 448 g/mol. The Morgan fingerprint density at radius 3 is 2.37 bits per heavy atom. The highest BCUT2D eigenvalue weighted by Crippen LogP contribution is 2.27. The highest BCUT2D eigenvalue weighted by atomic mass is 35.5. The number of aryl methyl sites for hydroxylation is 1. The van der Waals surface area contributed by atoms with Gasteiger partial charge in [0, 0.05) is 5.02 Å². The van der Waals surface area contributed by atoms with E-state index >= 15 is 0 Å². The second kappa shape index (κ2) is 8.45. The van der Waals surface area contributed by atoms with Crippen LogP contribution in [0.3, 0.4) is 0 Å². The van der Waals surface area contributed by atoms with Crippen molar-refractivity contribution in [3.8, 4) is 0 Å². The SMILES string of the molecule is Cc1ccc2c(c1)C(=O)N(C(C)C(=O)OC(C)C(=O)Nc1cc(Cl)ccc1Cl)C2=O. The van der Waals surface area contributed by atoms with Gasteiger partial charge in [-0.1, -0.05) is 34.8 Å². The molecule has 0 aliphatic carbocycles. The quantitative estimate of drug-likeness (QED) is 0.553. The first-order valence-electron chi connectivity index (χ1n) is 9.05. The summed E-state index contributed by atoms with van der Waals surface area (Å²) in [5.41, 5.74) is 1.55. The molecule has 0 saturated carbocycles. The molecule has 0 spiro atoms. The van der Waals surface area contributed by atoms with Gasteiger partial charge in [-0.05, 0) is 51.1 Å². The zero-order chi connectivity index (χ0) is 22.2. The molecular formula is C21H18Cl2N2O5. The average Bonchev–Trinajstić information content (AvgIpc) is 2.93. The lowest BCUT2D eigenvalue weighted by Gasteiger charge is -2.22. The van der Waals surface area contributed by atoms with Crippen LogP contribution in [0.25, 0.3) is 0 Å². The van der Waals surface area contributed by atoms with Gasteiger partial charge in [-0.2, -0.15) is 0 Å². The van der Waals surface area contributed by atoms with Gasteiger partial charge in [0.1, 0.15) is 6.04 Å². The van der Waals surface area contributed by atoms with Crippen molar-refractivity contribution in [1.29, 1.82) is 0 Å². The Labute approximate surface area is 182 Å². The Morgan fingerprint density at radius 1 is 1.00 bits per heavy atom. The highest BCUT2D eigenvalue weighted by molar-refractivity contribution is 6.35. The van der Waals surface area contributed by atoms with Gasteiger partial charge in [0.15, 0.2) is 6.10 Å². The number of anilines is 1. The predicted molar refractivity (Wildman–Crippen MR) is 112 cm³/mol. The lowest BCUT2D eigenvalue weighted by Crippen LogP contribution is -2.45. The Kier molecular flexibility index (Phi) is 6.14. The number of esters is 1. The van der Waals surface area contributed by atoms with E-state index in [9.17, 15) is 19.2 Å². The molecule has 2 atom stereocenters. The maximum absolute atomic E-state index is 12.6. The smallest absolute Gasteiger partial charge is 0.329 e. The van der Waals surface area contributed by atoms with Crippen LogP contribution in [0.5, 0.6) is 0 Å². The molecule has 7 nitrogen and oxygen atoms in total. The molecule has 1 heterocycles. The third-order valence-electron chi connectivity index (χ3n) is 4.65. The van der Waals surface area contributed by atoms with E-state index in [2.05, 4.69) is 5.32 Å². The molecule has 156 valence electrons. The molecule has 1 N–H and O–H groups in total. The van der Waals surface area contributed by atoms with Crippen LogP contribution < -0.4 is 5.32 Å². The molecule has 0 fully saturated rings. The van der Waals surface area contributed by atoms with Crippen molar-refractivity contribution < 1.29 is 23.9 Å². The largest absolute Gasteiger partial charge is 0.451 e. The maximum Gasteiger partial charge on any atom is 0.329 e. The van der Waals surface area contributed by atoms with E-state index in [-0.39, 0.29) is 21.8 Å². The second-order valence-electron chi connectivity index (χ2n) is 6.90. The molecule has 2 aromatic carbocycles. The van der Waals surface area contributed by atoms with Crippen LogP contribution in [0, 0.1) is 6.92 Å². The standard InChI is InChI=1S/C21H18Cl2N2O5/c1-10-4-6-14-15(8-10)20(28)25(19(14)27)11(2)21(29)30-12(3)18(26)24-17-9-13(22)5-7-16(17)23/h4-9,11-12H,1-3H3,(H,24,26). The van der Waals surface area contributed by atoms with Crippen molar-refractivity contribution in [2.75, 3.05) is 5.32 Å². The zero-order valence-electron chi connectivity index (χ0n) is 16.4. The van der Waals surface area contributed by atoms with Gasteiger partial charge in [-0.25, -0.2) is 4.79 Å². The van der Waals surface area contributed by atoms with Gasteiger partial charge < -0.3 is 10.1 Å². The van der Waals surface area contributed by atoms with Gasteiger partial charge >= 0.3 is 5.97 Å². The summed E-state index contributed by atoms with van der Waals surface area (Å²) in [5, 5.41) is 3.16. The third-order valence-corrected chi connectivity index (χ3v) is 5.22. The summed E-state index contributed by atoms with van der Waals surface area (Å²) < 4.78 is 5.17. The lowest BCUT2D eigenvalue weighted by atomic mass is 10.1. The molecule has 0 bridgehead atoms. The fourth-order valence-corrected chi connectivity index (χ4v) is 3.32. The fraction of sp³-hybridized carbons (Fsp3) is 0.238. The summed E-state index contributed by atoms with van der Waals surface area (Å²) in [6.07, 6.45) is -1.20. The number of imide groups is 1. The Balaban J connectivity index is 1.68. The second-order valence-corrected chi connectivity index (χ2v) is 7.74. The van der Waals surface area contributed by atoms with E-state index < -0.39 is 35.8 Å². The van der Waals surface area contributed by atoms with Crippen molar-refractivity contribution >= 4 is 52.6 Å². The van der Waals surface area contributed by atoms with E-state index in [4.69, 9.17) is 27.9 Å². The number of carbonyl (C=O) groups is 4. The number of ether oxygens (including phenoxy) is 1. The molecular weight excluding hydrogens is 431 g/mol. The summed E-state index contributed by atoms with van der Waals surface area (Å²) in [4.78, 5) is 50.9. The molecule has 2 aromatic rings. The zero-order valence-corrected chi connectivity index (χ0v) is 17.9. The van der Waals surface area contributed by atoms with Gasteiger partial charge in [0.2, 0.25) is 0 Å². The van der Waals surface area contributed by atoms with E-state index in [1.165, 1.54) is 26.0 Å². The maximum atomic E-state index is 12.6. The number of nitrogens with zero attached hydrogens (tertiary/aromatic N) is 1. The van der Waals surface area contributed by atoms with Crippen LogP contribution in [0.15, 0.2) is 36.4 Å². The molecule has 3 amide bonds. The summed E-state index contributed by atoms with van der Waals surface area (Å²) in [5.74, 6) is -2.69. The van der Waals surface area contributed by atoms with Crippen LogP contribution in [0.2, 0.25) is 10.0 Å². The molecule has 2 unspecified atom stereocenters. The Morgan fingerprint density at radius 2 is 1.67 bits per heavy atom. The number of carbonyl (C=O) groups excluding carboxylic acids is 4. The number of amides is 3. The normalized spacial score (nSPS) is 14.9. The minimum Gasteiger partial charge on any atom is -0.451 e. The summed E-state index contributed by atoms with van der Waals surface area (Å²) in [6.45, 7) is 4.53. The molecule has 1 aliphatic rings. The van der Waals surface area contributed by atoms with Crippen molar-refractivity contribution in [1.82, 2.24) is 4.90 Å². The number of fused-ring (bicyclic) bond motifs is 1. The number of rotatable bonds is 5. The first kappa shape index (κ1) is 21.8. The van der Waals surface area contributed by atoms with Crippen LogP contribution in [0.4, 0.5) is 5.69 Å². The molecule has 0 saturated heterocycles. The lowest BCUT2D eigenvalue weighted by molar-refractivity contribution is -0.156. The average molecular weight is 449 g/mol. The fourth-order valence-electron chi connectivity index (χ4n) is 2.98. The summed E-state index contributed by atoms with van der Waals surface area (Å²) in [6, 6.07) is 8.19. The first-order valence-corrected chi connectivity index (χ1v) is 9.80. The van der Waals surface area contributed by atoms with E-state index in [0.717, 1.165) is 10.5 Å². The van der Waals surface area contributed by atoms with Crippen LogP contribution in [0.1, 0.15) is 40.1 Å². The minimum absolute atomic E-state index is 0.228. The van der Waals surface area contributed by atoms with Gasteiger partial charge in [-0.3, -0.25) is 19.3 Å². The number of benzene rings is 2. The van der Waals surface area contributed by atoms with Gasteiger partial charge in [0.05, 0.1) is 21.8 Å². The molecule has 30 heavy (non-hydrogen) atoms. The predicted octanol–water partition coefficient (Wildman–Crippen LogP) is 3.86. The van der Waals surface area contributed by atoms with E-state index in [0.29, 0.717) is 5.02 Å². The Hall–Kier alpha value is -2.90. The highest BCUT2D eigenvalue weighted by Gasteiger charge is 2.42. The molecule has 0 radical (unpaired) electrons. The van der Waals surface area contributed by atoms with E-state index in [1.54, 1.807) is 31.2 Å². The topological polar surface area (TPSA) is 92.8 Å². The number of hydrogen-bond acceptors (Lipinski definition) is 5.